The molecule has 0 aliphatic heterocycles. The molecule has 0 saturated carbocycles. The summed E-state index contributed by atoms with van der Waals surface area (Å²) < 4.78 is 4.78. The topological polar surface area (TPSA) is 9.86 Å². The molecule has 2 heterocycles. The van der Waals surface area contributed by atoms with Gasteiger partial charge in [-0.2, -0.15) is 0 Å². The minimum absolute atomic E-state index is 0.176. The van der Waals surface area contributed by atoms with Crippen LogP contribution in [0.1, 0.15) is 22.6 Å². The average Bonchev–Trinajstić information content (AvgIpc) is 3.92. The van der Waals surface area contributed by atoms with Crippen molar-refractivity contribution in [2.45, 2.75) is 5.92 Å². The van der Waals surface area contributed by atoms with Gasteiger partial charge in [-0.3, -0.25) is 0 Å². The van der Waals surface area contributed by atoms with E-state index in [1.807, 2.05) is 0 Å². The van der Waals surface area contributed by atoms with E-state index in [-0.39, 0.29) is 5.92 Å². The van der Waals surface area contributed by atoms with Gasteiger partial charge in [-0.05, 0) is 111 Å². The van der Waals surface area contributed by atoms with E-state index >= 15 is 0 Å². The molecule has 0 spiro atoms. The van der Waals surface area contributed by atoms with Gasteiger partial charge in [0.15, 0.2) is 0 Å². The molecular weight excluding hydrogens is 689 g/mol. The zero-order valence-corrected chi connectivity index (χ0v) is 31.2. The van der Waals surface area contributed by atoms with Gasteiger partial charge in [0, 0.05) is 38.8 Å². The zero-order valence-electron chi connectivity index (χ0n) is 31.2. The van der Waals surface area contributed by atoms with Crippen LogP contribution in [0.3, 0.4) is 0 Å². The molecule has 57 heavy (non-hydrogen) atoms. The number of para-hydroxylation sites is 4. The third-order valence-corrected chi connectivity index (χ3v) is 12.2. The zero-order chi connectivity index (χ0) is 37.5. The summed E-state index contributed by atoms with van der Waals surface area (Å²) >= 11 is 0. The highest BCUT2D eigenvalue weighted by Gasteiger charge is 2.30. The molecule has 2 nitrogen and oxygen atoms in total. The lowest BCUT2D eigenvalue weighted by molar-refractivity contribution is 1.02. The van der Waals surface area contributed by atoms with Crippen molar-refractivity contribution in [3.05, 3.63) is 229 Å². The highest BCUT2D eigenvalue weighted by Crippen LogP contribution is 2.49. The molecule has 11 aromatic rings. The Kier molecular flexibility index (Phi) is 7.02. The fourth-order valence-electron chi connectivity index (χ4n) is 9.64. The van der Waals surface area contributed by atoms with Gasteiger partial charge >= 0.3 is 0 Å². The first kappa shape index (κ1) is 31.9. The standard InChI is InChI=1S/C55H36N2/c1-2-14-41(15-3-1)56-53-24-11-8-20-46(53)50-35-39(30-32-54(50)56)36-25-27-37(28-26-36)55-47-21-5-4-17-43(47)49-34-40(29-31-48(49)55)38-13-12-16-42(33-38)57-51-22-9-6-18-44(51)45-19-7-10-23-52(45)57/h1-35,55H. The van der Waals surface area contributed by atoms with Crippen molar-refractivity contribution in [2.24, 2.45) is 0 Å². The van der Waals surface area contributed by atoms with Crippen molar-refractivity contribution in [2.75, 3.05) is 0 Å². The van der Waals surface area contributed by atoms with Gasteiger partial charge in [-0.25, -0.2) is 0 Å². The third-order valence-electron chi connectivity index (χ3n) is 12.2. The first-order valence-corrected chi connectivity index (χ1v) is 19.8. The van der Waals surface area contributed by atoms with Crippen LogP contribution in [0.15, 0.2) is 212 Å². The number of benzene rings is 9. The number of aromatic nitrogens is 2. The molecule has 12 rings (SSSR count). The minimum atomic E-state index is 0.176. The van der Waals surface area contributed by atoms with Gasteiger partial charge in [0.05, 0.1) is 22.1 Å². The first-order chi connectivity index (χ1) is 28.3. The Morgan fingerprint density at radius 3 is 1.53 bits per heavy atom. The Balaban J connectivity index is 0.913. The molecule has 0 bridgehead atoms. The summed E-state index contributed by atoms with van der Waals surface area (Å²) in [7, 11) is 0. The number of rotatable bonds is 5. The van der Waals surface area contributed by atoms with Crippen LogP contribution >= 0.6 is 0 Å². The Hall–Kier alpha value is -7.42. The molecule has 0 amide bonds. The Morgan fingerprint density at radius 2 is 0.789 bits per heavy atom. The number of hydrogen-bond acceptors (Lipinski definition) is 0. The molecular formula is C55H36N2. The summed E-state index contributed by atoms with van der Waals surface area (Å²) in [5, 5.41) is 5.10. The van der Waals surface area contributed by atoms with Crippen molar-refractivity contribution in [3.63, 3.8) is 0 Å². The van der Waals surface area contributed by atoms with Crippen molar-refractivity contribution in [3.8, 4) is 44.8 Å². The van der Waals surface area contributed by atoms with Crippen LogP contribution in [0, 0.1) is 0 Å². The fourth-order valence-corrected chi connectivity index (χ4v) is 9.64. The van der Waals surface area contributed by atoms with Crippen molar-refractivity contribution < 1.29 is 0 Å². The maximum Gasteiger partial charge on any atom is 0.0541 e. The molecule has 1 unspecified atom stereocenters. The molecule has 9 aromatic carbocycles. The largest absolute Gasteiger partial charge is 0.309 e. The normalized spacial score (nSPS) is 13.4. The molecule has 0 radical (unpaired) electrons. The molecule has 0 fully saturated rings. The molecule has 1 aliphatic carbocycles. The van der Waals surface area contributed by atoms with Gasteiger partial charge in [0.1, 0.15) is 0 Å². The van der Waals surface area contributed by atoms with Gasteiger partial charge < -0.3 is 9.13 Å². The highest BCUT2D eigenvalue weighted by atomic mass is 15.0. The van der Waals surface area contributed by atoms with E-state index in [0.717, 1.165) is 0 Å². The van der Waals surface area contributed by atoms with Crippen LogP contribution in [-0.4, -0.2) is 9.13 Å². The van der Waals surface area contributed by atoms with Crippen molar-refractivity contribution >= 4 is 43.6 Å². The van der Waals surface area contributed by atoms with Crippen LogP contribution in [0.4, 0.5) is 0 Å². The lowest BCUT2D eigenvalue weighted by Gasteiger charge is -2.16. The lowest BCUT2D eigenvalue weighted by Crippen LogP contribution is -1.99. The van der Waals surface area contributed by atoms with Gasteiger partial charge in [-0.1, -0.05) is 152 Å². The molecule has 0 N–H and O–H groups in total. The predicted octanol–water partition coefficient (Wildman–Crippen LogP) is 14.4. The second-order valence-electron chi connectivity index (χ2n) is 15.3. The molecule has 2 heteroatoms. The summed E-state index contributed by atoms with van der Waals surface area (Å²) in [6.07, 6.45) is 0. The van der Waals surface area contributed by atoms with E-state index in [0.29, 0.717) is 0 Å². The van der Waals surface area contributed by atoms with Gasteiger partial charge in [0.2, 0.25) is 0 Å². The van der Waals surface area contributed by atoms with Crippen LogP contribution in [0.5, 0.6) is 0 Å². The number of nitrogens with zero attached hydrogens (tertiary/aromatic N) is 2. The molecule has 1 aliphatic rings. The van der Waals surface area contributed by atoms with Crippen LogP contribution in [0.25, 0.3) is 88.4 Å². The van der Waals surface area contributed by atoms with Crippen LogP contribution in [0.2, 0.25) is 0 Å². The number of hydrogen-bond donors (Lipinski definition) is 0. The van der Waals surface area contributed by atoms with E-state index < -0.39 is 0 Å². The third kappa shape index (κ3) is 4.91. The van der Waals surface area contributed by atoms with E-state index in [9.17, 15) is 0 Å². The van der Waals surface area contributed by atoms with E-state index in [4.69, 9.17) is 0 Å². The maximum atomic E-state index is 2.41. The summed E-state index contributed by atoms with van der Waals surface area (Å²) in [5.41, 5.74) is 18.8. The van der Waals surface area contributed by atoms with E-state index in [1.54, 1.807) is 0 Å². The van der Waals surface area contributed by atoms with Crippen LogP contribution < -0.4 is 0 Å². The average molecular weight is 725 g/mol. The summed E-state index contributed by atoms with van der Waals surface area (Å²) in [5.74, 6) is 0.176. The molecule has 2 aromatic heterocycles. The Bertz CT molecular complexity index is 3290. The lowest BCUT2D eigenvalue weighted by atomic mass is 9.88. The second-order valence-corrected chi connectivity index (χ2v) is 15.3. The van der Waals surface area contributed by atoms with Crippen molar-refractivity contribution in [1.29, 1.82) is 0 Å². The SMILES string of the molecule is c1ccc(-n2c3ccccc3c3cc(-c4ccc(C5c6ccccc6-c6cc(-c7cccc(-n8c9ccccc9c9ccccc98)c7)ccc65)cc4)ccc32)cc1. The van der Waals surface area contributed by atoms with Gasteiger partial charge in [0.25, 0.3) is 0 Å². The van der Waals surface area contributed by atoms with Gasteiger partial charge in [-0.15, -0.1) is 0 Å². The van der Waals surface area contributed by atoms with E-state index in [2.05, 4.69) is 221 Å². The minimum Gasteiger partial charge on any atom is -0.309 e. The summed E-state index contributed by atoms with van der Waals surface area (Å²) in [6, 6.07) is 78.1. The highest BCUT2D eigenvalue weighted by molar-refractivity contribution is 6.11. The smallest absolute Gasteiger partial charge is 0.0541 e. The monoisotopic (exact) mass is 724 g/mol. The predicted molar refractivity (Wildman–Crippen MR) is 239 cm³/mol. The summed E-state index contributed by atoms with van der Waals surface area (Å²) in [6.45, 7) is 0. The first-order valence-electron chi connectivity index (χ1n) is 19.8. The molecule has 0 saturated heterocycles. The fraction of sp³-hybridized carbons (Fsp3) is 0.0182. The molecule has 266 valence electrons. The molecule has 1 atom stereocenters. The van der Waals surface area contributed by atoms with Crippen molar-refractivity contribution in [1.82, 2.24) is 9.13 Å². The Labute approximate surface area is 331 Å². The Morgan fingerprint density at radius 1 is 0.281 bits per heavy atom. The number of fused-ring (bicyclic) bond motifs is 9. The second kappa shape index (κ2) is 12.6. The van der Waals surface area contributed by atoms with E-state index in [1.165, 1.54) is 105 Å². The van der Waals surface area contributed by atoms with Crippen LogP contribution in [-0.2, 0) is 0 Å². The summed E-state index contributed by atoms with van der Waals surface area (Å²) in [4.78, 5) is 0. The quantitative estimate of drug-likeness (QED) is 0.167. The maximum absolute atomic E-state index is 2.41.